The van der Waals surface area contributed by atoms with Crippen LogP contribution in [0.4, 0.5) is 11.6 Å². The lowest BCUT2D eigenvalue weighted by molar-refractivity contribution is -0.384. The fraction of sp³-hybridized carbons (Fsp3) is 0.100. The molecular weight excluding hydrogens is 210 g/mol. The first kappa shape index (κ1) is 10.2. The summed E-state index contributed by atoms with van der Waals surface area (Å²) >= 11 is 0. The van der Waals surface area contributed by atoms with Crippen molar-refractivity contribution in [2.75, 3.05) is 5.73 Å². The van der Waals surface area contributed by atoms with Gasteiger partial charge in [0.25, 0.3) is 5.69 Å². The molecule has 0 amide bonds. The van der Waals surface area contributed by atoms with Crippen molar-refractivity contribution in [2.24, 2.45) is 0 Å². The molecule has 0 unspecified atom stereocenters. The molecule has 6 heteroatoms. The second-order valence-corrected chi connectivity index (χ2v) is 3.34. The maximum atomic E-state index is 10.9. The Hall–Kier alpha value is -2.37. The first-order valence-electron chi connectivity index (χ1n) is 4.56. The SMILES string of the molecule is Cc1cccc([N+](=O)[O-])c1-c1cc(N)on1. The van der Waals surface area contributed by atoms with E-state index in [1.807, 2.05) is 0 Å². The molecule has 2 rings (SSSR count). The van der Waals surface area contributed by atoms with Gasteiger partial charge in [0.05, 0.1) is 10.5 Å². The average Bonchev–Trinajstić information content (AvgIpc) is 2.64. The normalized spacial score (nSPS) is 10.3. The number of nitrogen functional groups attached to an aromatic ring is 1. The van der Waals surface area contributed by atoms with Crippen molar-refractivity contribution in [1.29, 1.82) is 0 Å². The van der Waals surface area contributed by atoms with Gasteiger partial charge in [0.1, 0.15) is 5.69 Å². The van der Waals surface area contributed by atoms with E-state index in [2.05, 4.69) is 5.16 Å². The van der Waals surface area contributed by atoms with Crippen molar-refractivity contribution in [2.45, 2.75) is 6.92 Å². The van der Waals surface area contributed by atoms with Gasteiger partial charge in [0.2, 0.25) is 5.88 Å². The van der Waals surface area contributed by atoms with E-state index < -0.39 is 4.92 Å². The fourth-order valence-corrected chi connectivity index (χ4v) is 1.54. The summed E-state index contributed by atoms with van der Waals surface area (Å²) < 4.78 is 4.71. The van der Waals surface area contributed by atoms with Gasteiger partial charge in [-0.2, -0.15) is 0 Å². The third-order valence-electron chi connectivity index (χ3n) is 2.23. The zero-order chi connectivity index (χ0) is 11.7. The van der Waals surface area contributed by atoms with E-state index in [9.17, 15) is 10.1 Å². The molecule has 2 aromatic rings. The average molecular weight is 219 g/mol. The third-order valence-corrected chi connectivity index (χ3v) is 2.23. The molecule has 1 aromatic carbocycles. The molecule has 0 aliphatic carbocycles. The summed E-state index contributed by atoms with van der Waals surface area (Å²) in [5, 5.41) is 14.6. The molecule has 82 valence electrons. The molecule has 0 spiro atoms. The lowest BCUT2D eigenvalue weighted by Crippen LogP contribution is -1.94. The molecule has 1 heterocycles. The van der Waals surface area contributed by atoms with E-state index in [4.69, 9.17) is 10.3 Å². The molecule has 0 saturated heterocycles. The Kier molecular flexibility index (Phi) is 2.32. The number of rotatable bonds is 2. The molecule has 2 N–H and O–H groups in total. The van der Waals surface area contributed by atoms with Gasteiger partial charge in [-0.05, 0) is 12.5 Å². The van der Waals surface area contributed by atoms with Gasteiger partial charge in [0, 0.05) is 12.1 Å². The maximum Gasteiger partial charge on any atom is 0.279 e. The van der Waals surface area contributed by atoms with Crippen LogP contribution < -0.4 is 5.73 Å². The Morgan fingerprint density at radius 3 is 2.81 bits per heavy atom. The number of nitrogens with zero attached hydrogens (tertiary/aromatic N) is 2. The van der Waals surface area contributed by atoms with Crippen molar-refractivity contribution in [1.82, 2.24) is 5.16 Å². The van der Waals surface area contributed by atoms with Gasteiger partial charge in [-0.3, -0.25) is 10.1 Å². The smallest absolute Gasteiger partial charge is 0.279 e. The standard InChI is InChI=1S/C10H9N3O3/c1-6-3-2-4-8(13(14)15)10(6)7-5-9(11)16-12-7/h2-5H,11H2,1H3. The molecule has 0 aliphatic rings. The first-order valence-corrected chi connectivity index (χ1v) is 4.56. The first-order chi connectivity index (χ1) is 7.59. The van der Waals surface area contributed by atoms with Crippen molar-refractivity contribution in [3.8, 4) is 11.3 Å². The van der Waals surface area contributed by atoms with Crippen LogP contribution >= 0.6 is 0 Å². The van der Waals surface area contributed by atoms with Gasteiger partial charge in [0.15, 0.2) is 0 Å². The molecule has 1 aromatic heterocycles. The molecule has 0 radical (unpaired) electrons. The zero-order valence-electron chi connectivity index (χ0n) is 8.51. The number of nitrogens with two attached hydrogens (primary N) is 1. The summed E-state index contributed by atoms with van der Waals surface area (Å²) in [4.78, 5) is 10.4. The fourth-order valence-electron chi connectivity index (χ4n) is 1.54. The summed E-state index contributed by atoms with van der Waals surface area (Å²) in [5.74, 6) is 0.132. The minimum absolute atomic E-state index is 0.00620. The molecule has 16 heavy (non-hydrogen) atoms. The minimum atomic E-state index is -0.451. The lowest BCUT2D eigenvalue weighted by Gasteiger charge is -2.02. The highest BCUT2D eigenvalue weighted by Crippen LogP contribution is 2.32. The Morgan fingerprint density at radius 2 is 2.25 bits per heavy atom. The summed E-state index contributed by atoms with van der Waals surface area (Å²) in [5.41, 5.74) is 6.95. The molecule has 0 aliphatic heterocycles. The number of anilines is 1. The Labute approximate surface area is 90.8 Å². The van der Waals surface area contributed by atoms with E-state index in [-0.39, 0.29) is 11.6 Å². The highest BCUT2D eigenvalue weighted by atomic mass is 16.6. The monoisotopic (exact) mass is 219 g/mol. The lowest BCUT2D eigenvalue weighted by atomic mass is 10.0. The van der Waals surface area contributed by atoms with Crippen LogP contribution in [-0.4, -0.2) is 10.1 Å². The summed E-state index contributed by atoms with van der Waals surface area (Å²) in [7, 11) is 0. The van der Waals surface area contributed by atoms with Crippen LogP contribution in [0.2, 0.25) is 0 Å². The topological polar surface area (TPSA) is 95.2 Å². The van der Waals surface area contributed by atoms with Gasteiger partial charge >= 0.3 is 0 Å². The molecule has 0 saturated carbocycles. The van der Waals surface area contributed by atoms with Crippen molar-refractivity contribution in [3.63, 3.8) is 0 Å². The minimum Gasteiger partial charge on any atom is -0.368 e. The van der Waals surface area contributed by atoms with Crippen molar-refractivity contribution in [3.05, 3.63) is 39.9 Å². The Balaban J connectivity index is 2.67. The van der Waals surface area contributed by atoms with Crippen LogP contribution in [0.15, 0.2) is 28.8 Å². The van der Waals surface area contributed by atoms with Crippen LogP contribution in [0, 0.1) is 17.0 Å². The molecule has 0 bridgehead atoms. The number of nitro groups is 1. The van der Waals surface area contributed by atoms with E-state index in [0.717, 1.165) is 5.56 Å². The van der Waals surface area contributed by atoms with Crippen LogP contribution in [0.1, 0.15) is 5.56 Å². The maximum absolute atomic E-state index is 10.9. The predicted octanol–water partition coefficient (Wildman–Crippen LogP) is 2.14. The number of nitro benzene ring substituents is 1. The number of aromatic nitrogens is 1. The van der Waals surface area contributed by atoms with E-state index in [1.54, 1.807) is 19.1 Å². The highest BCUT2D eigenvalue weighted by molar-refractivity contribution is 5.74. The Morgan fingerprint density at radius 1 is 1.50 bits per heavy atom. The van der Waals surface area contributed by atoms with Crippen molar-refractivity contribution >= 4 is 11.6 Å². The van der Waals surface area contributed by atoms with E-state index >= 15 is 0 Å². The summed E-state index contributed by atoms with van der Waals surface area (Å²) in [6.45, 7) is 1.77. The van der Waals surface area contributed by atoms with E-state index in [0.29, 0.717) is 11.3 Å². The molecule has 0 fully saturated rings. The summed E-state index contributed by atoms with van der Waals surface area (Å²) in [6, 6.07) is 6.29. The van der Waals surface area contributed by atoms with Gasteiger partial charge in [-0.15, -0.1) is 0 Å². The third kappa shape index (κ3) is 1.60. The second kappa shape index (κ2) is 3.65. The number of hydrogen-bond donors (Lipinski definition) is 1. The number of aryl methyl sites for hydroxylation is 1. The van der Waals surface area contributed by atoms with Crippen LogP contribution in [0.5, 0.6) is 0 Å². The van der Waals surface area contributed by atoms with Crippen LogP contribution in [0.3, 0.4) is 0 Å². The van der Waals surface area contributed by atoms with Crippen LogP contribution in [0.25, 0.3) is 11.3 Å². The Bertz CT molecular complexity index is 548. The highest BCUT2D eigenvalue weighted by Gasteiger charge is 2.19. The molecule has 6 nitrogen and oxygen atoms in total. The largest absolute Gasteiger partial charge is 0.368 e. The predicted molar refractivity (Wildman–Crippen MR) is 57.7 cm³/mol. The summed E-state index contributed by atoms with van der Waals surface area (Å²) in [6.07, 6.45) is 0. The van der Waals surface area contributed by atoms with Gasteiger partial charge in [-0.1, -0.05) is 17.3 Å². The number of benzene rings is 1. The quantitative estimate of drug-likeness (QED) is 0.616. The molecular formula is C10H9N3O3. The van der Waals surface area contributed by atoms with Gasteiger partial charge < -0.3 is 10.3 Å². The van der Waals surface area contributed by atoms with Gasteiger partial charge in [-0.25, -0.2) is 0 Å². The van der Waals surface area contributed by atoms with E-state index in [1.165, 1.54) is 12.1 Å². The number of hydrogen-bond acceptors (Lipinski definition) is 5. The second-order valence-electron chi connectivity index (χ2n) is 3.34. The zero-order valence-corrected chi connectivity index (χ0v) is 8.51. The van der Waals surface area contributed by atoms with Crippen LogP contribution in [-0.2, 0) is 0 Å². The van der Waals surface area contributed by atoms with Crippen molar-refractivity contribution < 1.29 is 9.45 Å². The molecule has 0 atom stereocenters.